The van der Waals surface area contributed by atoms with Gasteiger partial charge in [-0.25, -0.2) is 0 Å². The molecule has 0 aromatic carbocycles. The third-order valence-corrected chi connectivity index (χ3v) is 3.86. The highest BCUT2D eigenvalue weighted by molar-refractivity contribution is 5.90. The summed E-state index contributed by atoms with van der Waals surface area (Å²) < 4.78 is 0.345. The number of nitrogens with zero attached hydrogens (tertiary/aromatic N) is 1. The zero-order valence-electron chi connectivity index (χ0n) is 15.9. The molecule has 1 unspecified atom stereocenters. The second-order valence-electron chi connectivity index (χ2n) is 7.69. The van der Waals surface area contributed by atoms with E-state index in [2.05, 4.69) is 19.1 Å². The second-order valence-corrected chi connectivity index (χ2v) is 7.69. The molecular weight excluding hydrogens is 306 g/mol. The van der Waals surface area contributed by atoms with Crippen LogP contribution < -0.4 is 0 Å². The van der Waals surface area contributed by atoms with Crippen molar-refractivity contribution in [1.82, 2.24) is 0 Å². The number of quaternary nitrogens is 1. The van der Waals surface area contributed by atoms with E-state index in [0.29, 0.717) is 10.9 Å². The first kappa shape index (κ1) is 22.8. The van der Waals surface area contributed by atoms with E-state index in [1.165, 1.54) is 12.8 Å². The van der Waals surface area contributed by atoms with Crippen LogP contribution in [0.2, 0.25) is 0 Å². The lowest BCUT2D eigenvalue weighted by atomic mass is 9.89. The smallest absolute Gasteiger partial charge is 0.306 e. The van der Waals surface area contributed by atoms with Gasteiger partial charge in [-0.1, -0.05) is 38.3 Å². The van der Waals surface area contributed by atoms with Crippen LogP contribution in [0.3, 0.4) is 0 Å². The zero-order chi connectivity index (χ0) is 18.6. The Bertz CT molecular complexity index is 412. The first-order valence-corrected chi connectivity index (χ1v) is 9.03. The van der Waals surface area contributed by atoms with Gasteiger partial charge >= 0.3 is 5.97 Å². The van der Waals surface area contributed by atoms with E-state index < -0.39 is 18.0 Å². The van der Waals surface area contributed by atoms with Gasteiger partial charge in [0.2, 0.25) is 0 Å². The molecule has 0 heterocycles. The van der Waals surface area contributed by atoms with E-state index in [1.54, 1.807) is 0 Å². The van der Waals surface area contributed by atoms with Gasteiger partial charge in [0.25, 0.3) is 0 Å². The van der Waals surface area contributed by atoms with Crippen molar-refractivity contribution in [1.29, 1.82) is 0 Å². The van der Waals surface area contributed by atoms with Crippen molar-refractivity contribution in [3.63, 3.8) is 0 Å². The summed E-state index contributed by atoms with van der Waals surface area (Å²) in [5.74, 6) is -1.49. The molecule has 0 amide bonds. The van der Waals surface area contributed by atoms with Gasteiger partial charge in [0.15, 0.2) is 11.4 Å². The average Bonchev–Trinajstić information content (AvgIpc) is 2.42. The van der Waals surface area contributed by atoms with Crippen molar-refractivity contribution in [2.75, 3.05) is 27.7 Å². The van der Waals surface area contributed by atoms with Crippen molar-refractivity contribution in [3.8, 4) is 0 Å². The van der Waals surface area contributed by atoms with E-state index in [1.807, 2.05) is 21.1 Å². The van der Waals surface area contributed by atoms with Gasteiger partial charge in [-0.05, 0) is 25.7 Å². The molecule has 24 heavy (non-hydrogen) atoms. The molecule has 0 rings (SSSR count). The SMILES string of the molecule is CCCCC=CCCCCCC(=O)C(O)(CC(=O)O)C[N+](C)(C)C. The number of unbranched alkanes of at least 4 members (excludes halogenated alkanes) is 5. The van der Waals surface area contributed by atoms with E-state index >= 15 is 0 Å². The maximum atomic E-state index is 12.3. The Hall–Kier alpha value is -1.20. The van der Waals surface area contributed by atoms with Crippen molar-refractivity contribution in [3.05, 3.63) is 12.2 Å². The predicted octanol–water partition coefficient (Wildman–Crippen LogP) is 3.16. The Morgan fingerprint density at radius 3 is 2.08 bits per heavy atom. The number of allylic oxidation sites excluding steroid dienone is 2. The minimum absolute atomic E-state index is 0.109. The molecule has 5 heteroatoms. The van der Waals surface area contributed by atoms with Gasteiger partial charge in [-0.3, -0.25) is 9.59 Å². The molecule has 140 valence electrons. The molecule has 0 fully saturated rings. The van der Waals surface area contributed by atoms with Crippen LogP contribution >= 0.6 is 0 Å². The lowest BCUT2D eigenvalue weighted by molar-refractivity contribution is -0.875. The fraction of sp³-hybridized carbons (Fsp3) is 0.789. The van der Waals surface area contributed by atoms with Crippen molar-refractivity contribution >= 4 is 11.8 Å². The normalized spacial score (nSPS) is 14.7. The van der Waals surface area contributed by atoms with Crippen LogP contribution in [0, 0.1) is 0 Å². The number of carbonyl (C=O) groups excluding carboxylic acids is 1. The molecule has 0 aromatic rings. The largest absolute Gasteiger partial charge is 0.481 e. The monoisotopic (exact) mass is 342 g/mol. The molecule has 0 spiro atoms. The summed E-state index contributed by atoms with van der Waals surface area (Å²) >= 11 is 0. The molecule has 0 saturated carbocycles. The van der Waals surface area contributed by atoms with Gasteiger partial charge < -0.3 is 14.7 Å². The summed E-state index contributed by atoms with van der Waals surface area (Å²) in [6.07, 6.45) is 11.3. The van der Waals surface area contributed by atoms with Crippen LogP contribution in [0.5, 0.6) is 0 Å². The van der Waals surface area contributed by atoms with Gasteiger partial charge in [0.05, 0.1) is 27.6 Å². The van der Waals surface area contributed by atoms with Crippen molar-refractivity contribution in [2.24, 2.45) is 0 Å². The predicted molar refractivity (Wildman–Crippen MR) is 96.9 cm³/mol. The highest BCUT2D eigenvalue weighted by Crippen LogP contribution is 2.20. The van der Waals surface area contributed by atoms with Crippen LogP contribution in [0.4, 0.5) is 0 Å². The van der Waals surface area contributed by atoms with Crippen molar-refractivity contribution in [2.45, 2.75) is 70.3 Å². The van der Waals surface area contributed by atoms with Crippen LogP contribution in [0.15, 0.2) is 12.2 Å². The third kappa shape index (κ3) is 11.4. The lowest BCUT2D eigenvalue weighted by Gasteiger charge is -2.33. The summed E-state index contributed by atoms with van der Waals surface area (Å²) in [6.45, 7) is 2.28. The van der Waals surface area contributed by atoms with Gasteiger partial charge in [0, 0.05) is 6.42 Å². The maximum Gasteiger partial charge on any atom is 0.306 e. The lowest BCUT2D eigenvalue weighted by Crippen LogP contribution is -2.54. The molecule has 2 N–H and O–H groups in total. The Kier molecular flexibility index (Phi) is 10.8. The Labute approximate surface area is 146 Å². The minimum Gasteiger partial charge on any atom is -0.481 e. The molecule has 0 aliphatic heterocycles. The van der Waals surface area contributed by atoms with Gasteiger partial charge in [0.1, 0.15) is 6.54 Å². The Morgan fingerprint density at radius 1 is 1.00 bits per heavy atom. The molecule has 0 aromatic heterocycles. The number of rotatable bonds is 14. The highest BCUT2D eigenvalue weighted by atomic mass is 16.4. The third-order valence-electron chi connectivity index (χ3n) is 3.86. The quantitative estimate of drug-likeness (QED) is 0.289. The van der Waals surface area contributed by atoms with Gasteiger partial charge in [-0.15, -0.1) is 0 Å². The Balaban J connectivity index is 4.24. The maximum absolute atomic E-state index is 12.3. The number of Topliss-reactive ketones (excluding diaryl/α,β-unsaturated/α-hetero) is 1. The van der Waals surface area contributed by atoms with Gasteiger partial charge in [-0.2, -0.15) is 0 Å². The standard InChI is InChI=1S/C19H35NO4/c1-5-6-7-8-9-10-11-12-13-14-17(21)19(24,15-18(22)23)16-20(2,3)4/h8-9,24H,5-7,10-16H2,1-4H3/p+1. The average molecular weight is 343 g/mol. The molecule has 0 radical (unpaired) electrons. The number of carboxylic acid groups (broad SMARTS) is 1. The molecule has 0 aliphatic carbocycles. The van der Waals surface area contributed by atoms with Crippen LogP contribution in [-0.4, -0.2) is 59.7 Å². The number of carboxylic acids is 1. The number of aliphatic carboxylic acids is 1. The first-order chi connectivity index (χ1) is 11.1. The molecule has 0 bridgehead atoms. The van der Waals surface area contributed by atoms with Crippen LogP contribution in [0.25, 0.3) is 0 Å². The summed E-state index contributed by atoms with van der Waals surface area (Å²) in [7, 11) is 5.51. The second kappa shape index (κ2) is 11.4. The fourth-order valence-electron chi connectivity index (χ4n) is 2.79. The van der Waals surface area contributed by atoms with Crippen LogP contribution in [0.1, 0.15) is 64.7 Å². The number of hydrogen-bond acceptors (Lipinski definition) is 3. The summed E-state index contributed by atoms with van der Waals surface area (Å²) in [5.41, 5.74) is -1.77. The number of hydrogen-bond donors (Lipinski definition) is 2. The molecule has 5 nitrogen and oxygen atoms in total. The summed E-state index contributed by atoms with van der Waals surface area (Å²) in [5, 5.41) is 19.6. The molecule has 0 aliphatic rings. The van der Waals surface area contributed by atoms with E-state index in [9.17, 15) is 14.7 Å². The number of likely N-dealkylation sites (N-methyl/N-ethyl adjacent to an activating group) is 1. The molecule has 0 saturated heterocycles. The number of aliphatic hydroxyl groups is 1. The first-order valence-electron chi connectivity index (χ1n) is 9.03. The van der Waals surface area contributed by atoms with E-state index in [4.69, 9.17) is 5.11 Å². The van der Waals surface area contributed by atoms with Crippen LogP contribution in [-0.2, 0) is 9.59 Å². The van der Waals surface area contributed by atoms with Crippen molar-refractivity contribution < 1.29 is 24.3 Å². The van der Waals surface area contributed by atoms with E-state index in [-0.39, 0.29) is 18.7 Å². The fourth-order valence-corrected chi connectivity index (χ4v) is 2.79. The number of ketones is 1. The molecular formula is C19H36NO4+. The highest BCUT2D eigenvalue weighted by Gasteiger charge is 2.42. The minimum atomic E-state index is -1.77. The molecule has 1 atom stereocenters. The number of carbonyl (C=O) groups is 2. The summed E-state index contributed by atoms with van der Waals surface area (Å²) in [6, 6.07) is 0. The Morgan fingerprint density at radius 2 is 1.58 bits per heavy atom. The summed E-state index contributed by atoms with van der Waals surface area (Å²) in [4.78, 5) is 23.3. The zero-order valence-corrected chi connectivity index (χ0v) is 15.9. The topological polar surface area (TPSA) is 74.6 Å². The van der Waals surface area contributed by atoms with E-state index in [0.717, 1.165) is 25.7 Å².